The molecule has 0 fully saturated rings. The second kappa shape index (κ2) is 8.35. The lowest BCUT2D eigenvalue weighted by molar-refractivity contribution is 0.0957. The summed E-state index contributed by atoms with van der Waals surface area (Å²) in [6.07, 6.45) is 1.47. The Morgan fingerprint density at radius 3 is 1.95 bits per heavy atom. The van der Waals surface area contributed by atoms with Crippen LogP contribution in [-0.2, 0) is 0 Å². The van der Waals surface area contributed by atoms with Crippen LogP contribution in [0.4, 0.5) is 0 Å². The van der Waals surface area contributed by atoms with Crippen molar-refractivity contribution in [3.05, 3.63) is 131 Å². The first-order valence-corrected chi connectivity index (χ1v) is 12.1. The molecule has 2 aromatic heterocycles. The van der Waals surface area contributed by atoms with Crippen molar-refractivity contribution in [2.45, 2.75) is 0 Å². The number of fused-ring (bicyclic) bond motifs is 3. The summed E-state index contributed by atoms with van der Waals surface area (Å²) in [6, 6.07) is 30.9. The summed E-state index contributed by atoms with van der Waals surface area (Å²) in [4.78, 5) is 45.1. The molecule has 0 unspecified atom stereocenters. The summed E-state index contributed by atoms with van der Waals surface area (Å²) in [5.41, 5.74) is 2.96. The number of aromatic nitrogens is 2. The third-order valence-electron chi connectivity index (χ3n) is 6.78. The number of Topliss-reactive ketones (excluding diaryl/α,β-unsaturated/α-hetero) is 2. The molecule has 38 heavy (non-hydrogen) atoms. The van der Waals surface area contributed by atoms with Crippen LogP contribution in [0.25, 0.3) is 39.5 Å². The molecule has 0 bridgehead atoms. The molecule has 0 saturated carbocycles. The number of carbonyl (C=O) groups is 3. The predicted molar refractivity (Wildman–Crippen MR) is 144 cm³/mol. The van der Waals surface area contributed by atoms with Crippen LogP contribution in [0.15, 0.2) is 113 Å². The minimum atomic E-state index is -0.370. The van der Waals surface area contributed by atoms with Gasteiger partial charge in [0.05, 0.1) is 11.3 Å². The quantitative estimate of drug-likeness (QED) is 0.204. The molecule has 0 spiro atoms. The Morgan fingerprint density at radius 2 is 1.32 bits per heavy atom. The van der Waals surface area contributed by atoms with Crippen LogP contribution < -0.4 is 0 Å². The van der Waals surface area contributed by atoms with Crippen LogP contribution in [0.5, 0.6) is 0 Å². The van der Waals surface area contributed by atoms with Gasteiger partial charge < -0.3 is 4.42 Å². The van der Waals surface area contributed by atoms with Crippen molar-refractivity contribution in [1.29, 1.82) is 0 Å². The number of rotatable bonds is 3. The van der Waals surface area contributed by atoms with Crippen molar-refractivity contribution in [3.63, 3.8) is 0 Å². The van der Waals surface area contributed by atoms with Gasteiger partial charge in [0.2, 0.25) is 5.89 Å². The molecule has 2 heterocycles. The van der Waals surface area contributed by atoms with E-state index >= 15 is 0 Å². The zero-order valence-corrected chi connectivity index (χ0v) is 19.9. The van der Waals surface area contributed by atoms with Gasteiger partial charge in [0.1, 0.15) is 0 Å². The van der Waals surface area contributed by atoms with Crippen LogP contribution in [0, 0.1) is 0 Å². The van der Waals surface area contributed by atoms with Gasteiger partial charge in [-0.15, -0.1) is 0 Å². The average Bonchev–Trinajstić information content (AvgIpc) is 3.59. The van der Waals surface area contributed by atoms with Crippen molar-refractivity contribution in [2.24, 2.45) is 0 Å². The largest absolute Gasteiger partial charge is 0.434 e. The Hall–Kier alpha value is -5.36. The molecule has 6 heteroatoms. The molecule has 0 amide bonds. The standard InChI is InChI=1S/C32H18N2O4/c35-28-24-15-21-13-7-8-14-22(21)16-25(24)29(36)26(28)17-23-18-27-30(33-31(38-27)19-9-3-1-4-10-19)34(23)32(37)20-11-5-2-6-12-20/h1-18H. The number of nitrogens with zero attached hydrogens (tertiary/aromatic N) is 2. The van der Waals surface area contributed by atoms with E-state index < -0.39 is 0 Å². The first-order chi connectivity index (χ1) is 18.6. The zero-order valence-electron chi connectivity index (χ0n) is 19.9. The summed E-state index contributed by atoms with van der Waals surface area (Å²) >= 11 is 0. The number of benzene rings is 4. The summed E-state index contributed by atoms with van der Waals surface area (Å²) in [5.74, 6) is -0.714. The first-order valence-electron chi connectivity index (χ1n) is 12.1. The van der Waals surface area contributed by atoms with Crippen LogP contribution in [0.2, 0.25) is 0 Å². The molecule has 180 valence electrons. The third kappa shape index (κ3) is 3.35. The molecular weight excluding hydrogens is 476 g/mol. The molecule has 7 rings (SSSR count). The van der Waals surface area contributed by atoms with E-state index in [9.17, 15) is 14.4 Å². The topological polar surface area (TPSA) is 82.2 Å². The van der Waals surface area contributed by atoms with Crippen LogP contribution in [0.1, 0.15) is 36.8 Å². The molecule has 0 aliphatic heterocycles. The summed E-state index contributed by atoms with van der Waals surface area (Å²) < 4.78 is 7.41. The highest BCUT2D eigenvalue weighted by atomic mass is 16.3. The van der Waals surface area contributed by atoms with E-state index in [0.29, 0.717) is 39.5 Å². The second-order valence-corrected chi connectivity index (χ2v) is 9.11. The molecule has 0 radical (unpaired) electrons. The fourth-order valence-electron chi connectivity index (χ4n) is 4.92. The van der Waals surface area contributed by atoms with Gasteiger partial charge in [-0.25, -0.2) is 0 Å². The van der Waals surface area contributed by atoms with Gasteiger partial charge in [0.15, 0.2) is 22.8 Å². The van der Waals surface area contributed by atoms with Crippen LogP contribution >= 0.6 is 0 Å². The van der Waals surface area contributed by atoms with E-state index in [0.717, 1.165) is 16.3 Å². The Bertz CT molecular complexity index is 1900. The maximum atomic E-state index is 13.7. The minimum absolute atomic E-state index is 0.000790. The molecule has 4 aromatic carbocycles. The van der Waals surface area contributed by atoms with Crippen molar-refractivity contribution < 1.29 is 18.8 Å². The Balaban J connectivity index is 1.40. The van der Waals surface area contributed by atoms with Crippen molar-refractivity contribution >= 4 is 45.6 Å². The molecule has 1 aliphatic carbocycles. The van der Waals surface area contributed by atoms with E-state index in [-0.39, 0.29) is 23.0 Å². The van der Waals surface area contributed by atoms with Gasteiger partial charge in [-0.1, -0.05) is 60.7 Å². The maximum Gasteiger partial charge on any atom is 0.264 e. The lowest BCUT2D eigenvalue weighted by Gasteiger charge is -2.06. The fraction of sp³-hybridized carbons (Fsp3) is 0. The Morgan fingerprint density at radius 1 is 0.737 bits per heavy atom. The maximum absolute atomic E-state index is 13.7. The monoisotopic (exact) mass is 494 g/mol. The number of carbonyl (C=O) groups excluding carboxylic acids is 3. The van der Waals surface area contributed by atoms with Crippen molar-refractivity contribution in [2.75, 3.05) is 0 Å². The van der Waals surface area contributed by atoms with Gasteiger partial charge in [0.25, 0.3) is 5.91 Å². The van der Waals surface area contributed by atoms with Gasteiger partial charge in [-0.05, 0) is 53.2 Å². The lowest BCUT2D eigenvalue weighted by atomic mass is 10.0. The van der Waals surface area contributed by atoms with Crippen LogP contribution in [0.3, 0.4) is 0 Å². The van der Waals surface area contributed by atoms with Crippen molar-refractivity contribution in [1.82, 2.24) is 9.55 Å². The van der Waals surface area contributed by atoms with E-state index in [1.54, 1.807) is 42.5 Å². The summed E-state index contributed by atoms with van der Waals surface area (Å²) in [5, 5.41) is 1.76. The second-order valence-electron chi connectivity index (χ2n) is 9.11. The molecule has 0 atom stereocenters. The SMILES string of the molecule is O=C1C(=Cc2cc3oc(-c4ccccc4)nc3n2C(=O)c2ccccc2)C(=O)c2cc3ccccc3cc21. The number of hydrogen-bond acceptors (Lipinski definition) is 5. The zero-order chi connectivity index (χ0) is 25.8. The summed E-state index contributed by atoms with van der Waals surface area (Å²) in [6.45, 7) is 0. The third-order valence-corrected chi connectivity index (χ3v) is 6.78. The van der Waals surface area contributed by atoms with Gasteiger partial charge in [-0.2, -0.15) is 4.98 Å². The van der Waals surface area contributed by atoms with Gasteiger partial charge in [-0.3, -0.25) is 19.0 Å². The van der Waals surface area contributed by atoms with E-state index in [2.05, 4.69) is 4.98 Å². The van der Waals surface area contributed by atoms with Gasteiger partial charge >= 0.3 is 0 Å². The highest BCUT2D eigenvalue weighted by Crippen LogP contribution is 2.34. The number of allylic oxidation sites excluding steroid dienone is 1. The Kier molecular flexibility index (Phi) is 4.81. The first kappa shape index (κ1) is 21.9. The molecule has 1 aliphatic rings. The minimum Gasteiger partial charge on any atom is -0.434 e. The highest BCUT2D eigenvalue weighted by Gasteiger charge is 2.34. The highest BCUT2D eigenvalue weighted by molar-refractivity contribution is 6.42. The smallest absolute Gasteiger partial charge is 0.264 e. The molecule has 0 N–H and O–H groups in total. The average molecular weight is 495 g/mol. The summed E-state index contributed by atoms with van der Waals surface area (Å²) in [7, 11) is 0. The number of ketones is 2. The van der Waals surface area contributed by atoms with Crippen molar-refractivity contribution in [3.8, 4) is 11.5 Å². The molecule has 6 nitrogen and oxygen atoms in total. The lowest BCUT2D eigenvalue weighted by Crippen LogP contribution is -2.14. The van der Waals surface area contributed by atoms with E-state index in [1.165, 1.54) is 10.6 Å². The van der Waals surface area contributed by atoms with E-state index in [1.807, 2.05) is 60.7 Å². The van der Waals surface area contributed by atoms with E-state index in [4.69, 9.17) is 4.42 Å². The number of hydrogen-bond donors (Lipinski definition) is 0. The molecule has 6 aromatic rings. The van der Waals surface area contributed by atoms with Gasteiger partial charge in [0, 0.05) is 28.3 Å². The molecular formula is C32H18N2O4. The Labute approximate surface area is 216 Å². The normalized spacial score (nSPS) is 12.9. The molecule has 0 saturated heterocycles. The van der Waals surface area contributed by atoms with Crippen LogP contribution in [-0.4, -0.2) is 27.0 Å². The fourth-order valence-corrected chi connectivity index (χ4v) is 4.92. The predicted octanol–water partition coefficient (Wildman–Crippen LogP) is 6.60. The number of oxazole rings is 1.